The van der Waals surface area contributed by atoms with Crippen molar-refractivity contribution in [2.45, 2.75) is 12.3 Å². The number of fused-ring (bicyclic) bond motifs is 1. The molecular formula is C14H19NO3. The second-order valence-electron chi connectivity index (χ2n) is 4.97. The molecule has 1 aromatic rings. The highest BCUT2D eigenvalue weighted by Crippen LogP contribution is 2.35. The van der Waals surface area contributed by atoms with Crippen molar-refractivity contribution in [1.82, 2.24) is 0 Å². The van der Waals surface area contributed by atoms with Crippen LogP contribution in [0, 0.1) is 5.92 Å². The molecule has 4 nitrogen and oxygen atoms in total. The van der Waals surface area contributed by atoms with Crippen LogP contribution in [0.5, 0.6) is 11.5 Å². The molecule has 0 saturated carbocycles. The van der Waals surface area contributed by atoms with E-state index in [-0.39, 0.29) is 0 Å². The summed E-state index contributed by atoms with van der Waals surface area (Å²) in [6.45, 7) is 3.67. The van der Waals surface area contributed by atoms with E-state index in [1.807, 2.05) is 6.07 Å². The van der Waals surface area contributed by atoms with Crippen molar-refractivity contribution in [2.24, 2.45) is 11.7 Å². The molecular weight excluding hydrogens is 230 g/mol. The third kappa shape index (κ3) is 2.31. The van der Waals surface area contributed by atoms with Crippen molar-refractivity contribution in [1.29, 1.82) is 0 Å². The van der Waals surface area contributed by atoms with E-state index in [1.165, 1.54) is 5.56 Å². The lowest BCUT2D eigenvalue weighted by atomic mass is 9.88. The van der Waals surface area contributed by atoms with Gasteiger partial charge in [0.25, 0.3) is 0 Å². The molecule has 2 aliphatic rings. The van der Waals surface area contributed by atoms with Crippen molar-refractivity contribution in [3.8, 4) is 11.5 Å². The fourth-order valence-corrected chi connectivity index (χ4v) is 2.51. The Balaban J connectivity index is 1.76. The molecule has 0 aliphatic carbocycles. The summed E-state index contributed by atoms with van der Waals surface area (Å²) >= 11 is 0. The largest absolute Gasteiger partial charge is 0.486 e. The zero-order valence-electron chi connectivity index (χ0n) is 10.4. The maximum Gasteiger partial charge on any atom is 0.161 e. The van der Waals surface area contributed by atoms with Gasteiger partial charge < -0.3 is 19.9 Å². The molecule has 0 radical (unpaired) electrons. The van der Waals surface area contributed by atoms with E-state index in [9.17, 15) is 0 Å². The zero-order chi connectivity index (χ0) is 12.4. The molecule has 2 aliphatic heterocycles. The molecule has 3 rings (SSSR count). The Morgan fingerprint density at radius 2 is 1.94 bits per heavy atom. The fourth-order valence-electron chi connectivity index (χ4n) is 2.51. The minimum atomic E-state index is 0.384. The number of nitrogens with two attached hydrogens (primary N) is 1. The molecule has 1 atom stereocenters. The molecule has 18 heavy (non-hydrogen) atoms. The molecule has 98 valence electrons. The highest BCUT2D eigenvalue weighted by atomic mass is 16.6. The van der Waals surface area contributed by atoms with Crippen LogP contribution >= 0.6 is 0 Å². The van der Waals surface area contributed by atoms with E-state index >= 15 is 0 Å². The Morgan fingerprint density at radius 3 is 2.61 bits per heavy atom. The molecule has 0 bridgehead atoms. The van der Waals surface area contributed by atoms with Gasteiger partial charge >= 0.3 is 0 Å². The van der Waals surface area contributed by atoms with Crippen molar-refractivity contribution >= 4 is 0 Å². The SMILES string of the molecule is NCC(CC1COC1)c1ccc2c(c1)OCCO2. The summed E-state index contributed by atoms with van der Waals surface area (Å²) in [5, 5.41) is 0. The zero-order valence-corrected chi connectivity index (χ0v) is 10.4. The van der Waals surface area contributed by atoms with Crippen molar-refractivity contribution < 1.29 is 14.2 Å². The number of rotatable bonds is 4. The average Bonchev–Trinajstić information content (AvgIpc) is 2.37. The average molecular weight is 249 g/mol. The molecule has 1 saturated heterocycles. The van der Waals surface area contributed by atoms with Gasteiger partial charge in [-0.15, -0.1) is 0 Å². The first kappa shape index (κ1) is 11.8. The number of hydrogen-bond acceptors (Lipinski definition) is 4. The summed E-state index contributed by atoms with van der Waals surface area (Å²) in [6, 6.07) is 6.17. The Morgan fingerprint density at radius 1 is 1.17 bits per heavy atom. The van der Waals surface area contributed by atoms with Gasteiger partial charge in [0, 0.05) is 5.92 Å². The van der Waals surface area contributed by atoms with Crippen LogP contribution in [0.3, 0.4) is 0 Å². The first-order valence-corrected chi connectivity index (χ1v) is 6.54. The molecule has 1 aromatic carbocycles. The molecule has 1 unspecified atom stereocenters. The Hall–Kier alpha value is -1.26. The van der Waals surface area contributed by atoms with Crippen LogP contribution in [0.2, 0.25) is 0 Å². The smallest absolute Gasteiger partial charge is 0.161 e. The molecule has 1 fully saturated rings. The van der Waals surface area contributed by atoms with Crippen molar-refractivity contribution in [3.05, 3.63) is 23.8 Å². The molecule has 2 heterocycles. The topological polar surface area (TPSA) is 53.7 Å². The maximum absolute atomic E-state index is 5.90. The van der Waals surface area contributed by atoms with E-state index in [0.29, 0.717) is 31.6 Å². The summed E-state index contributed by atoms with van der Waals surface area (Å²) in [4.78, 5) is 0. The minimum Gasteiger partial charge on any atom is -0.486 e. The van der Waals surface area contributed by atoms with Crippen molar-refractivity contribution in [2.75, 3.05) is 33.0 Å². The van der Waals surface area contributed by atoms with E-state index in [4.69, 9.17) is 19.9 Å². The first-order valence-electron chi connectivity index (χ1n) is 6.54. The van der Waals surface area contributed by atoms with Crippen molar-refractivity contribution in [3.63, 3.8) is 0 Å². The molecule has 0 amide bonds. The van der Waals surface area contributed by atoms with Crippen LogP contribution in [0.1, 0.15) is 17.9 Å². The standard InChI is InChI=1S/C14H19NO3/c15-7-12(5-10-8-16-9-10)11-1-2-13-14(6-11)18-4-3-17-13/h1-2,6,10,12H,3-5,7-9,15H2. The lowest BCUT2D eigenvalue weighted by Gasteiger charge is -2.30. The van der Waals surface area contributed by atoms with Gasteiger partial charge in [0.05, 0.1) is 13.2 Å². The highest BCUT2D eigenvalue weighted by molar-refractivity contribution is 5.44. The Labute approximate surface area is 107 Å². The first-order chi connectivity index (χ1) is 8.86. The highest BCUT2D eigenvalue weighted by Gasteiger charge is 2.24. The van der Waals surface area contributed by atoms with E-state index in [1.54, 1.807) is 0 Å². The summed E-state index contributed by atoms with van der Waals surface area (Å²) in [7, 11) is 0. The number of ether oxygens (including phenoxy) is 3. The summed E-state index contributed by atoms with van der Waals surface area (Å²) in [5.41, 5.74) is 7.14. The predicted molar refractivity (Wildman–Crippen MR) is 68.2 cm³/mol. The van der Waals surface area contributed by atoms with Gasteiger partial charge in [-0.1, -0.05) is 6.07 Å². The second kappa shape index (κ2) is 5.16. The van der Waals surface area contributed by atoms with Crippen LogP contribution in [0.15, 0.2) is 18.2 Å². The number of benzene rings is 1. The molecule has 0 spiro atoms. The molecule has 2 N–H and O–H groups in total. The van der Waals surface area contributed by atoms with Gasteiger partial charge in [0.15, 0.2) is 11.5 Å². The van der Waals surface area contributed by atoms with E-state index in [2.05, 4.69) is 12.1 Å². The van der Waals surface area contributed by atoms with Gasteiger partial charge in [-0.2, -0.15) is 0 Å². The molecule has 0 aromatic heterocycles. The van der Waals surface area contributed by atoms with Crippen LogP contribution in [-0.4, -0.2) is 33.0 Å². The Kier molecular flexibility index (Phi) is 3.39. The van der Waals surface area contributed by atoms with Gasteiger partial charge in [-0.25, -0.2) is 0 Å². The van der Waals surface area contributed by atoms with Crippen LogP contribution in [0.25, 0.3) is 0 Å². The lowest BCUT2D eigenvalue weighted by molar-refractivity contribution is -0.0382. The van der Waals surface area contributed by atoms with Gasteiger partial charge in [-0.05, 0) is 36.6 Å². The van der Waals surface area contributed by atoms with Gasteiger partial charge in [0.2, 0.25) is 0 Å². The minimum absolute atomic E-state index is 0.384. The normalized spacial score (nSPS) is 20.3. The van der Waals surface area contributed by atoms with Crippen LogP contribution in [0.4, 0.5) is 0 Å². The summed E-state index contributed by atoms with van der Waals surface area (Å²) in [6.07, 6.45) is 1.09. The quantitative estimate of drug-likeness (QED) is 0.879. The predicted octanol–water partition coefficient (Wildman–Crippen LogP) is 1.54. The molecule has 4 heteroatoms. The van der Waals surface area contributed by atoms with Crippen LogP contribution < -0.4 is 15.2 Å². The van der Waals surface area contributed by atoms with Gasteiger partial charge in [-0.3, -0.25) is 0 Å². The third-order valence-corrected chi connectivity index (χ3v) is 3.65. The fraction of sp³-hybridized carbons (Fsp3) is 0.571. The van der Waals surface area contributed by atoms with E-state index in [0.717, 1.165) is 31.1 Å². The number of hydrogen-bond donors (Lipinski definition) is 1. The van der Waals surface area contributed by atoms with E-state index < -0.39 is 0 Å². The van der Waals surface area contributed by atoms with Gasteiger partial charge in [0.1, 0.15) is 13.2 Å². The Bertz CT molecular complexity index is 418. The monoisotopic (exact) mass is 249 g/mol. The third-order valence-electron chi connectivity index (χ3n) is 3.65. The van der Waals surface area contributed by atoms with Crippen LogP contribution in [-0.2, 0) is 4.74 Å². The summed E-state index contributed by atoms with van der Waals surface area (Å²) in [5.74, 6) is 2.73. The maximum atomic E-state index is 5.90. The summed E-state index contributed by atoms with van der Waals surface area (Å²) < 4.78 is 16.4. The second-order valence-corrected chi connectivity index (χ2v) is 4.97. The lowest BCUT2D eigenvalue weighted by Crippen LogP contribution is -2.30.